The predicted octanol–water partition coefficient (Wildman–Crippen LogP) is 3.09. The lowest BCUT2D eigenvalue weighted by Crippen LogP contribution is -2.52. The van der Waals surface area contributed by atoms with Crippen molar-refractivity contribution in [2.24, 2.45) is 0 Å². The number of carbonyl (C=O) groups excluding carboxylic acids is 3. The van der Waals surface area contributed by atoms with Gasteiger partial charge in [0.25, 0.3) is 11.8 Å². The third-order valence-corrected chi connectivity index (χ3v) is 7.49. The minimum absolute atomic E-state index is 0.0335. The van der Waals surface area contributed by atoms with Crippen LogP contribution in [0.3, 0.4) is 0 Å². The number of amides is 4. The molecule has 1 atom stereocenters. The van der Waals surface area contributed by atoms with Crippen LogP contribution in [0, 0.1) is 0 Å². The number of imide groups is 1. The molecule has 1 N–H and O–H groups in total. The van der Waals surface area contributed by atoms with Crippen LogP contribution in [-0.4, -0.2) is 72.5 Å². The summed E-state index contributed by atoms with van der Waals surface area (Å²) in [5, 5.41) is 6.75. The van der Waals surface area contributed by atoms with Crippen molar-refractivity contribution in [3.05, 3.63) is 64.4 Å². The maximum atomic E-state index is 13.4. The number of rotatable bonds is 5. The number of ether oxygens (including phenoxy) is 1. The summed E-state index contributed by atoms with van der Waals surface area (Å²) in [6.45, 7) is 4.27. The largest absolute Gasteiger partial charge is 0.497 e. The van der Waals surface area contributed by atoms with Gasteiger partial charge in [-0.05, 0) is 52.9 Å². The molecular weight excluding hydrogens is 452 g/mol. The number of urea groups is 1. The van der Waals surface area contributed by atoms with E-state index in [-0.39, 0.29) is 18.5 Å². The van der Waals surface area contributed by atoms with Crippen LogP contribution in [0.4, 0.5) is 4.79 Å². The lowest BCUT2D eigenvalue weighted by Gasteiger charge is -2.35. The van der Waals surface area contributed by atoms with E-state index in [1.54, 1.807) is 14.0 Å². The molecule has 2 aliphatic rings. The van der Waals surface area contributed by atoms with E-state index < -0.39 is 11.6 Å². The summed E-state index contributed by atoms with van der Waals surface area (Å²) < 4.78 is 5.28. The normalized spacial score (nSPS) is 21.2. The predicted molar refractivity (Wildman–Crippen MR) is 130 cm³/mol. The second-order valence-electron chi connectivity index (χ2n) is 8.75. The van der Waals surface area contributed by atoms with E-state index >= 15 is 0 Å². The molecule has 34 heavy (non-hydrogen) atoms. The smallest absolute Gasteiger partial charge is 0.326 e. The van der Waals surface area contributed by atoms with Gasteiger partial charge in [-0.3, -0.25) is 14.5 Å². The maximum Gasteiger partial charge on any atom is 0.326 e. The molecule has 176 valence electrons. The molecule has 8 nitrogen and oxygen atoms in total. The second kappa shape index (κ2) is 8.73. The molecule has 1 aromatic heterocycles. The zero-order valence-corrected chi connectivity index (χ0v) is 19.9. The van der Waals surface area contributed by atoms with Crippen LogP contribution >= 0.6 is 11.3 Å². The molecule has 3 aromatic rings. The molecule has 0 radical (unpaired) electrons. The highest BCUT2D eigenvalue weighted by molar-refractivity contribution is 7.12. The quantitative estimate of drug-likeness (QED) is 0.570. The first-order chi connectivity index (χ1) is 16.4. The number of piperazine rings is 1. The van der Waals surface area contributed by atoms with Gasteiger partial charge in [0.2, 0.25) is 0 Å². The summed E-state index contributed by atoms with van der Waals surface area (Å²) >= 11 is 1.44. The third kappa shape index (κ3) is 3.91. The van der Waals surface area contributed by atoms with Gasteiger partial charge in [0, 0.05) is 26.2 Å². The van der Waals surface area contributed by atoms with E-state index in [4.69, 9.17) is 4.74 Å². The molecular formula is C25H26N4O4S. The number of carbonyl (C=O) groups is 3. The van der Waals surface area contributed by atoms with Gasteiger partial charge in [-0.25, -0.2) is 9.69 Å². The Balaban J connectivity index is 1.27. The van der Waals surface area contributed by atoms with E-state index in [1.807, 2.05) is 63.7 Å². The molecule has 9 heteroatoms. The fourth-order valence-corrected chi connectivity index (χ4v) is 5.22. The van der Waals surface area contributed by atoms with E-state index in [0.29, 0.717) is 26.2 Å². The van der Waals surface area contributed by atoms with Crippen LogP contribution in [0.25, 0.3) is 10.8 Å². The third-order valence-electron chi connectivity index (χ3n) is 6.63. The minimum atomic E-state index is -1.14. The van der Waals surface area contributed by atoms with Gasteiger partial charge >= 0.3 is 6.03 Å². The van der Waals surface area contributed by atoms with Gasteiger partial charge in [0.15, 0.2) is 0 Å². The molecule has 0 bridgehead atoms. The second-order valence-corrected chi connectivity index (χ2v) is 9.69. The molecule has 1 unspecified atom stereocenters. The summed E-state index contributed by atoms with van der Waals surface area (Å²) in [4.78, 5) is 44.6. The Morgan fingerprint density at radius 1 is 1.06 bits per heavy atom. The fourth-order valence-electron chi connectivity index (χ4n) is 4.53. The summed E-state index contributed by atoms with van der Waals surface area (Å²) in [7, 11) is 1.62. The Labute approximate surface area is 201 Å². The van der Waals surface area contributed by atoms with Crippen molar-refractivity contribution in [1.82, 2.24) is 20.0 Å². The Morgan fingerprint density at radius 3 is 2.50 bits per heavy atom. The Morgan fingerprint density at radius 2 is 1.79 bits per heavy atom. The zero-order chi connectivity index (χ0) is 23.9. The van der Waals surface area contributed by atoms with Crippen molar-refractivity contribution in [1.29, 1.82) is 0 Å². The highest BCUT2D eigenvalue weighted by Crippen LogP contribution is 2.32. The Kier molecular flexibility index (Phi) is 5.75. The van der Waals surface area contributed by atoms with E-state index in [0.717, 1.165) is 27.0 Å². The van der Waals surface area contributed by atoms with Gasteiger partial charge < -0.3 is 15.0 Å². The van der Waals surface area contributed by atoms with Crippen molar-refractivity contribution in [2.75, 3.05) is 40.0 Å². The molecule has 5 rings (SSSR count). The van der Waals surface area contributed by atoms with Crippen molar-refractivity contribution >= 4 is 40.0 Å². The van der Waals surface area contributed by atoms with Crippen LogP contribution in [0.5, 0.6) is 5.75 Å². The van der Waals surface area contributed by atoms with Crippen LogP contribution in [0.2, 0.25) is 0 Å². The monoisotopic (exact) mass is 478 g/mol. The van der Waals surface area contributed by atoms with Gasteiger partial charge in [0.05, 0.1) is 18.7 Å². The van der Waals surface area contributed by atoms with Gasteiger partial charge in [0.1, 0.15) is 11.3 Å². The summed E-state index contributed by atoms with van der Waals surface area (Å²) in [6.07, 6.45) is 0. The molecule has 4 amide bonds. The highest BCUT2D eigenvalue weighted by atomic mass is 32.1. The van der Waals surface area contributed by atoms with Crippen LogP contribution in [0.1, 0.15) is 22.2 Å². The maximum absolute atomic E-state index is 13.4. The van der Waals surface area contributed by atoms with E-state index in [1.165, 1.54) is 16.2 Å². The topological polar surface area (TPSA) is 82.2 Å². The van der Waals surface area contributed by atoms with Crippen LogP contribution in [0.15, 0.2) is 53.9 Å². The lowest BCUT2D eigenvalue weighted by atomic mass is 9.90. The number of nitrogens with one attached hydrogen (secondary N) is 1. The average Bonchev–Trinajstić information content (AvgIpc) is 3.47. The van der Waals surface area contributed by atoms with Gasteiger partial charge in [-0.2, -0.15) is 0 Å². The first kappa shape index (κ1) is 22.4. The fraction of sp³-hybridized carbons (Fsp3) is 0.320. The molecule has 2 aromatic carbocycles. The number of nitrogens with zero attached hydrogens (tertiary/aromatic N) is 3. The number of fused-ring (bicyclic) bond motifs is 1. The van der Waals surface area contributed by atoms with Crippen molar-refractivity contribution in [3.8, 4) is 5.75 Å². The first-order valence-corrected chi connectivity index (χ1v) is 12.0. The lowest BCUT2D eigenvalue weighted by molar-refractivity contribution is -0.132. The molecule has 2 saturated heterocycles. The zero-order valence-electron chi connectivity index (χ0n) is 19.1. The standard InChI is InChI=1S/C25H26N4O4S/c1-25(19-7-5-18-15-20(33-2)8-6-17(18)14-19)23(31)29(24(32)26-25)16-27-9-11-28(12-10-27)22(30)21-4-3-13-34-21/h3-8,13-15H,9-12,16H2,1-2H3,(H,26,32). The minimum Gasteiger partial charge on any atom is -0.497 e. The molecule has 0 aliphatic carbocycles. The molecule has 3 heterocycles. The number of thiophene rings is 1. The number of hydrogen-bond acceptors (Lipinski definition) is 6. The Bertz CT molecular complexity index is 1250. The van der Waals surface area contributed by atoms with E-state index in [9.17, 15) is 14.4 Å². The molecule has 2 fully saturated rings. The van der Waals surface area contributed by atoms with Gasteiger partial charge in [-0.1, -0.05) is 24.3 Å². The summed E-state index contributed by atoms with van der Waals surface area (Å²) in [5.41, 5.74) is -0.403. The molecule has 2 aliphatic heterocycles. The van der Waals surface area contributed by atoms with Gasteiger partial charge in [-0.15, -0.1) is 11.3 Å². The molecule has 0 spiro atoms. The SMILES string of the molecule is COc1ccc2cc(C3(C)NC(=O)N(CN4CCN(C(=O)c5cccs5)CC4)C3=O)ccc2c1. The average molecular weight is 479 g/mol. The number of methoxy groups -OCH3 is 1. The number of hydrogen-bond donors (Lipinski definition) is 1. The van der Waals surface area contributed by atoms with Crippen molar-refractivity contribution < 1.29 is 19.1 Å². The first-order valence-electron chi connectivity index (χ1n) is 11.2. The van der Waals surface area contributed by atoms with E-state index in [2.05, 4.69) is 5.32 Å². The van der Waals surface area contributed by atoms with Crippen molar-refractivity contribution in [2.45, 2.75) is 12.5 Å². The van der Waals surface area contributed by atoms with Crippen LogP contribution < -0.4 is 10.1 Å². The summed E-state index contributed by atoms with van der Waals surface area (Å²) in [6, 6.07) is 14.8. The number of benzene rings is 2. The van der Waals surface area contributed by atoms with Crippen LogP contribution in [-0.2, 0) is 10.3 Å². The van der Waals surface area contributed by atoms with Crippen molar-refractivity contribution in [3.63, 3.8) is 0 Å². The Hall–Kier alpha value is -3.43. The molecule has 0 saturated carbocycles. The highest BCUT2D eigenvalue weighted by Gasteiger charge is 2.49. The summed E-state index contributed by atoms with van der Waals surface area (Å²) in [5.74, 6) is 0.522.